The first kappa shape index (κ1) is 37.7. The van der Waals surface area contributed by atoms with Crippen LogP contribution in [-0.4, -0.2) is 67.2 Å². The molecule has 266 valence electrons. The molecular formula is C39H44N4O6SSi. The SMILES string of the molecule is CSCOC1C[C@H](n2cc(C#CCNC(C)=O)c(NC(=O)c3ccccc3)nc2=O)O[C@@H]1CO[Si](c1ccccc1)(c1ccccc1)C(C)(C)C. The Bertz CT molecular complexity index is 1870. The topological polar surface area (TPSA) is 121 Å². The van der Waals surface area contributed by atoms with Crippen LogP contribution in [0.2, 0.25) is 5.04 Å². The molecule has 0 saturated carbocycles. The zero-order valence-corrected chi connectivity index (χ0v) is 31.4. The van der Waals surface area contributed by atoms with Gasteiger partial charge in [0.05, 0.1) is 30.8 Å². The predicted octanol–water partition coefficient (Wildman–Crippen LogP) is 4.55. The number of ether oxygens (including phenoxy) is 2. The number of hydrogen-bond donors (Lipinski definition) is 2. The summed E-state index contributed by atoms with van der Waals surface area (Å²) < 4.78 is 21.5. The van der Waals surface area contributed by atoms with E-state index in [1.165, 1.54) is 11.5 Å². The van der Waals surface area contributed by atoms with Crippen molar-refractivity contribution in [1.82, 2.24) is 14.9 Å². The van der Waals surface area contributed by atoms with E-state index in [4.69, 9.17) is 13.9 Å². The number of hydrogen-bond acceptors (Lipinski definition) is 8. The van der Waals surface area contributed by atoms with Gasteiger partial charge in [0, 0.05) is 25.1 Å². The molecule has 1 fully saturated rings. The second kappa shape index (κ2) is 17.1. The van der Waals surface area contributed by atoms with Crippen LogP contribution in [0.25, 0.3) is 0 Å². The lowest BCUT2D eigenvalue weighted by Crippen LogP contribution is -2.67. The highest BCUT2D eigenvalue weighted by Gasteiger charge is 2.51. The summed E-state index contributed by atoms with van der Waals surface area (Å²) in [5.41, 5.74) is 0.0756. The minimum atomic E-state index is -2.89. The second-order valence-electron chi connectivity index (χ2n) is 13.2. The molecule has 0 bridgehead atoms. The summed E-state index contributed by atoms with van der Waals surface area (Å²) in [6.07, 6.45) is 2.26. The number of nitrogens with one attached hydrogen (secondary N) is 2. The number of anilines is 1. The largest absolute Gasteiger partial charge is 0.405 e. The lowest BCUT2D eigenvalue weighted by molar-refractivity contribution is -0.118. The Balaban J connectivity index is 1.48. The van der Waals surface area contributed by atoms with Gasteiger partial charge in [0.1, 0.15) is 12.3 Å². The Morgan fingerprint density at radius 2 is 1.61 bits per heavy atom. The van der Waals surface area contributed by atoms with Crippen molar-refractivity contribution >= 4 is 48.1 Å². The van der Waals surface area contributed by atoms with E-state index in [2.05, 4.69) is 72.5 Å². The van der Waals surface area contributed by atoms with E-state index in [1.807, 2.05) is 42.7 Å². The number of benzene rings is 3. The van der Waals surface area contributed by atoms with Gasteiger partial charge in [0.25, 0.3) is 14.2 Å². The summed E-state index contributed by atoms with van der Waals surface area (Å²) in [6, 6.07) is 29.4. The zero-order valence-electron chi connectivity index (χ0n) is 29.6. The van der Waals surface area contributed by atoms with Crippen LogP contribution in [0.1, 0.15) is 56.3 Å². The molecule has 0 aliphatic carbocycles. The quantitative estimate of drug-likeness (QED) is 0.124. The molecule has 1 aliphatic heterocycles. The smallest absolute Gasteiger partial charge is 0.351 e. The molecular weight excluding hydrogens is 681 g/mol. The van der Waals surface area contributed by atoms with Crippen molar-refractivity contribution in [3.05, 3.63) is 119 Å². The third kappa shape index (κ3) is 9.05. The number of carbonyl (C=O) groups excluding carboxylic acids is 2. The number of nitrogens with zero attached hydrogens (tertiary/aromatic N) is 2. The predicted molar refractivity (Wildman–Crippen MR) is 204 cm³/mol. The van der Waals surface area contributed by atoms with Gasteiger partial charge in [-0.15, -0.1) is 11.8 Å². The normalized spacial score (nSPS) is 17.3. The second-order valence-corrected chi connectivity index (χ2v) is 18.3. The van der Waals surface area contributed by atoms with E-state index >= 15 is 0 Å². The third-order valence-electron chi connectivity index (χ3n) is 8.64. The van der Waals surface area contributed by atoms with Crippen molar-refractivity contribution in [1.29, 1.82) is 0 Å². The Morgan fingerprint density at radius 3 is 2.18 bits per heavy atom. The molecule has 3 atom stereocenters. The summed E-state index contributed by atoms with van der Waals surface area (Å²) >= 11 is 1.55. The summed E-state index contributed by atoms with van der Waals surface area (Å²) in [6.45, 7) is 8.37. The van der Waals surface area contributed by atoms with Crippen molar-refractivity contribution in [2.75, 3.05) is 30.7 Å². The lowest BCUT2D eigenvalue weighted by atomic mass is 10.2. The number of carbonyl (C=O) groups is 2. The van der Waals surface area contributed by atoms with Crippen molar-refractivity contribution in [3.8, 4) is 11.8 Å². The first-order valence-electron chi connectivity index (χ1n) is 16.8. The van der Waals surface area contributed by atoms with E-state index in [0.717, 1.165) is 10.4 Å². The Morgan fingerprint density at radius 1 is 1.00 bits per heavy atom. The number of thioether (sulfide) groups is 1. The summed E-state index contributed by atoms with van der Waals surface area (Å²) in [4.78, 5) is 42.3. The highest BCUT2D eigenvalue weighted by molar-refractivity contribution is 7.98. The van der Waals surface area contributed by atoms with Gasteiger partial charge < -0.3 is 24.5 Å². The van der Waals surface area contributed by atoms with Gasteiger partial charge in [0.15, 0.2) is 5.82 Å². The van der Waals surface area contributed by atoms with Crippen LogP contribution in [-0.2, 0) is 18.7 Å². The average molecular weight is 725 g/mol. The van der Waals surface area contributed by atoms with E-state index < -0.39 is 32.2 Å². The van der Waals surface area contributed by atoms with Crippen LogP contribution in [0.15, 0.2) is 102 Å². The van der Waals surface area contributed by atoms with Gasteiger partial charge in [-0.05, 0) is 33.8 Å². The van der Waals surface area contributed by atoms with Crippen molar-refractivity contribution in [2.24, 2.45) is 0 Å². The molecule has 2 amide bonds. The molecule has 4 aromatic rings. The molecule has 3 aromatic carbocycles. The van der Waals surface area contributed by atoms with Gasteiger partial charge >= 0.3 is 5.69 Å². The molecule has 51 heavy (non-hydrogen) atoms. The molecule has 10 nitrogen and oxygen atoms in total. The van der Waals surface area contributed by atoms with E-state index in [1.54, 1.807) is 48.3 Å². The van der Waals surface area contributed by atoms with Crippen LogP contribution < -0.4 is 26.7 Å². The van der Waals surface area contributed by atoms with Crippen molar-refractivity contribution < 1.29 is 23.5 Å². The maximum absolute atomic E-state index is 13.6. The molecule has 1 saturated heterocycles. The standard InChI is InChI=1S/C39H44N4O6SSi/c1-28(44)40-23-15-18-30-25-43(38(46)42-36(30)41-37(45)29-16-9-6-10-17-29)35-24-33(47-27-50-5)34(49-35)26-48-51(39(2,3)4,31-19-11-7-12-20-31)32-21-13-8-14-22-32/h6-14,16-17,19-22,25,33-35H,23-24,26-27H2,1-5H3,(H,40,44)(H,41,42,45,46)/t33?,34-,35-/m1/s1. The monoisotopic (exact) mass is 724 g/mol. The van der Waals surface area contributed by atoms with Gasteiger partial charge in [-0.1, -0.05) is 111 Å². The fourth-order valence-electron chi connectivity index (χ4n) is 6.26. The minimum absolute atomic E-state index is 0.0141. The Kier molecular flexibility index (Phi) is 12.7. The number of amides is 2. The van der Waals surface area contributed by atoms with Crippen LogP contribution in [0.3, 0.4) is 0 Å². The summed E-state index contributed by atoms with van der Waals surface area (Å²) in [5, 5.41) is 7.41. The van der Waals surface area contributed by atoms with Gasteiger partial charge in [-0.2, -0.15) is 4.98 Å². The number of rotatable bonds is 12. The van der Waals surface area contributed by atoms with Crippen LogP contribution >= 0.6 is 11.8 Å². The molecule has 12 heteroatoms. The Hall–Kier alpha value is -4.51. The molecule has 2 N–H and O–H groups in total. The Labute approximate surface area is 304 Å². The van der Waals surface area contributed by atoms with E-state index in [9.17, 15) is 14.4 Å². The highest BCUT2D eigenvalue weighted by Crippen LogP contribution is 2.38. The molecule has 0 radical (unpaired) electrons. The fourth-order valence-corrected chi connectivity index (χ4v) is 11.1. The minimum Gasteiger partial charge on any atom is -0.405 e. The highest BCUT2D eigenvalue weighted by atomic mass is 32.2. The molecule has 0 spiro atoms. The molecule has 1 unspecified atom stereocenters. The van der Waals surface area contributed by atoms with Crippen LogP contribution in [0.5, 0.6) is 0 Å². The van der Waals surface area contributed by atoms with Gasteiger partial charge in [-0.3, -0.25) is 14.2 Å². The molecule has 2 heterocycles. The number of aromatic nitrogens is 2. The van der Waals surface area contributed by atoms with Gasteiger partial charge in [-0.25, -0.2) is 4.79 Å². The lowest BCUT2D eigenvalue weighted by Gasteiger charge is -2.43. The zero-order chi connectivity index (χ0) is 36.4. The van der Waals surface area contributed by atoms with E-state index in [0.29, 0.717) is 23.5 Å². The van der Waals surface area contributed by atoms with Crippen molar-refractivity contribution in [2.45, 2.75) is 57.6 Å². The third-order valence-corrected chi connectivity index (χ3v) is 14.0. The van der Waals surface area contributed by atoms with Crippen molar-refractivity contribution in [3.63, 3.8) is 0 Å². The summed E-state index contributed by atoms with van der Waals surface area (Å²) in [5.74, 6) is 5.63. The fraction of sp³-hybridized carbons (Fsp3) is 0.333. The maximum atomic E-state index is 13.6. The molecule has 1 aliphatic rings. The molecule has 1 aromatic heterocycles. The van der Waals surface area contributed by atoms with Crippen LogP contribution in [0, 0.1) is 11.8 Å². The van der Waals surface area contributed by atoms with Crippen LogP contribution in [0.4, 0.5) is 5.82 Å². The average Bonchev–Trinajstić information content (AvgIpc) is 3.53. The molecule has 5 rings (SSSR count). The summed E-state index contributed by atoms with van der Waals surface area (Å²) in [7, 11) is -2.89. The maximum Gasteiger partial charge on any atom is 0.351 e. The van der Waals surface area contributed by atoms with Gasteiger partial charge in [0.2, 0.25) is 5.91 Å². The first-order chi connectivity index (χ1) is 24.5. The van der Waals surface area contributed by atoms with E-state index in [-0.39, 0.29) is 36.0 Å². The first-order valence-corrected chi connectivity index (χ1v) is 20.1.